The molecule has 0 atom stereocenters. The molecule has 0 radical (unpaired) electrons. The quantitative estimate of drug-likeness (QED) is 0.567. The Bertz CT molecular complexity index is 1310. The van der Waals surface area contributed by atoms with Gasteiger partial charge in [-0.15, -0.1) is 0 Å². The van der Waals surface area contributed by atoms with Crippen LogP contribution < -0.4 is 10.6 Å². The van der Waals surface area contributed by atoms with Crippen molar-refractivity contribution in [2.24, 2.45) is 0 Å². The summed E-state index contributed by atoms with van der Waals surface area (Å²) in [6.07, 6.45) is 2.58. The Labute approximate surface area is 184 Å². The minimum absolute atomic E-state index is 0.0150. The Morgan fingerprint density at radius 1 is 1.16 bits per heavy atom. The molecule has 1 aliphatic rings. The van der Waals surface area contributed by atoms with Gasteiger partial charge in [-0.25, -0.2) is 13.4 Å². The van der Waals surface area contributed by atoms with Crippen LogP contribution >= 0.6 is 0 Å². The molecule has 1 fully saturated rings. The van der Waals surface area contributed by atoms with E-state index in [4.69, 9.17) is 0 Å². The zero-order chi connectivity index (χ0) is 22.9. The summed E-state index contributed by atoms with van der Waals surface area (Å²) < 4.78 is 25.4. The fourth-order valence-electron chi connectivity index (χ4n) is 3.46. The Morgan fingerprint density at radius 3 is 2.59 bits per heavy atom. The van der Waals surface area contributed by atoms with Crippen molar-refractivity contribution < 1.29 is 22.8 Å². The van der Waals surface area contributed by atoms with Crippen LogP contribution in [0.1, 0.15) is 26.4 Å². The summed E-state index contributed by atoms with van der Waals surface area (Å²) in [6.45, 7) is 1.08. The van der Waals surface area contributed by atoms with Crippen LogP contribution in [-0.4, -0.2) is 66.3 Å². The first-order valence-corrected chi connectivity index (χ1v) is 11.7. The van der Waals surface area contributed by atoms with Crippen molar-refractivity contribution in [3.05, 3.63) is 65.5 Å². The molecule has 166 valence electrons. The normalized spacial score (nSPS) is 14.3. The number of sulfone groups is 1. The van der Waals surface area contributed by atoms with Gasteiger partial charge in [-0.2, -0.15) is 0 Å². The number of nitrogens with zero attached hydrogens (tertiary/aromatic N) is 3. The molecule has 32 heavy (non-hydrogen) atoms. The fraction of sp³-hybridized carbons (Fsp3) is 0.238. The maximum atomic E-state index is 12.7. The van der Waals surface area contributed by atoms with Crippen LogP contribution in [0, 0.1) is 0 Å². The lowest BCUT2D eigenvalue weighted by Gasteiger charge is -2.26. The summed E-state index contributed by atoms with van der Waals surface area (Å²) in [5, 5.41) is 5.21. The van der Waals surface area contributed by atoms with Gasteiger partial charge in [-0.3, -0.25) is 18.8 Å². The molecule has 0 aliphatic carbocycles. The van der Waals surface area contributed by atoms with Crippen molar-refractivity contribution in [2.45, 2.75) is 11.7 Å². The number of aromatic nitrogens is 2. The molecule has 1 aromatic carbocycles. The standard InChI is InChI=1S/C21H21N5O5S/c1-32(30,31)21-24-18(16-4-2-3-10-26(16)21)19(28)23-12-14-5-7-15(8-6-14)20(29)25-11-9-22-17(27)13-25/h2-8,10H,9,11-13H2,1H3,(H,22,27)(H,23,28). The Hall–Kier alpha value is -3.73. The van der Waals surface area contributed by atoms with Crippen LogP contribution in [0.5, 0.6) is 0 Å². The summed E-state index contributed by atoms with van der Waals surface area (Å²) in [6, 6.07) is 11.7. The van der Waals surface area contributed by atoms with Crippen LogP contribution in [-0.2, 0) is 21.2 Å². The van der Waals surface area contributed by atoms with Crippen LogP contribution in [0.3, 0.4) is 0 Å². The number of hydrogen-bond donors (Lipinski definition) is 2. The number of benzene rings is 1. The maximum absolute atomic E-state index is 12.7. The topological polar surface area (TPSA) is 130 Å². The molecule has 3 aromatic rings. The van der Waals surface area contributed by atoms with E-state index in [0.29, 0.717) is 24.2 Å². The maximum Gasteiger partial charge on any atom is 0.272 e. The summed E-state index contributed by atoms with van der Waals surface area (Å²) in [5.74, 6) is -0.925. The lowest BCUT2D eigenvalue weighted by atomic mass is 10.1. The zero-order valence-electron chi connectivity index (χ0n) is 17.2. The van der Waals surface area contributed by atoms with E-state index in [0.717, 1.165) is 11.8 Å². The van der Waals surface area contributed by atoms with Crippen LogP contribution in [0.25, 0.3) is 5.52 Å². The number of pyridine rings is 1. The molecule has 3 amide bonds. The molecule has 4 rings (SSSR count). The fourth-order valence-corrected chi connectivity index (χ4v) is 4.24. The van der Waals surface area contributed by atoms with Crippen molar-refractivity contribution in [3.8, 4) is 0 Å². The molecule has 0 saturated carbocycles. The third-order valence-corrected chi connectivity index (χ3v) is 5.99. The number of piperazine rings is 1. The molecule has 2 N–H and O–H groups in total. The lowest BCUT2D eigenvalue weighted by molar-refractivity contribution is -0.123. The highest BCUT2D eigenvalue weighted by molar-refractivity contribution is 7.90. The third-order valence-electron chi connectivity index (χ3n) is 5.04. The number of carbonyl (C=O) groups excluding carboxylic acids is 3. The Balaban J connectivity index is 1.46. The average Bonchev–Trinajstić information content (AvgIpc) is 3.18. The molecule has 2 aromatic heterocycles. The first kappa shape index (κ1) is 21.5. The van der Waals surface area contributed by atoms with Gasteiger partial charge in [0.15, 0.2) is 5.69 Å². The van der Waals surface area contributed by atoms with Gasteiger partial charge in [-0.05, 0) is 29.8 Å². The molecule has 11 heteroatoms. The minimum atomic E-state index is -3.62. The zero-order valence-corrected chi connectivity index (χ0v) is 18.1. The van der Waals surface area contributed by atoms with Gasteiger partial charge in [0.05, 0.1) is 12.1 Å². The van der Waals surface area contributed by atoms with Gasteiger partial charge in [-0.1, -0.05) is 18.2 Å². The van der Waals surface area contributed by atoms with Gasteiger partial charge < -0.3 is 15.5 Å². The second-order valence-electron chi connectivity index (χ2n) is 7.43. The molecule has 1 saturated heterocycles. The Morgan fingerprint density at radius 2 is 1.91 bits per heavy atom. The van der Waals surface area contributed by atoms with E-state index < -0.39 is 15.7 Å². The molecule has 1 aliphatic heterocycles. The number of fused-ring (bicyclic) bond motifs is 1. The SMILES string of the molecule is CS(=O)(=O)c1nc(C(=O)NCc2ccc(C(=O)N3CCNC(=O)C3)cc2)c2ccccn12. The third kappa shape index (κ3) is 4.33. The first-order chi connectivity index (χ1) is 15.2. The van der Waals surface area contributed by atoms with E-state index in [1.54, 1.807) is 42.5 Å². The van der Waals surface area contributed by atoms with Crippen LogP contribution in [0.4, 0.5) is 0 Å². The van der Waals surface area contributed by atoms with E-state index >= 15 is 0 Å². The van der Waals surface area contributed by atoms with Crippen LogP contribution in [0.15, 0.2) is 53.8 Å². The van der Waals surface area contributed by atoms with Crippen molar-refractivity contribution in [3.63, 3.8) is 0 Å². The van der Waals surface area contributed by atoms with E-state index in [9.17, 15) is 22.8 Å². The van der Waals surface area contributed by atoms with Crippen LogP contribution in [0.2, 0.25) is 0 Å². The lowest BCUT2D eigenvalue weighted by Crippen LogP contribution is -2.49. The second-order valence-corrected chi connectivity index (χ2v) is 9.34. The van der Waals surface area contributed by atoms with E-state index in [1.807, 2.05) is 0 Å². The van der Waals surface area contributed by atoms with Crippen molar-refractivity contribution in [2.75, 3.05) is 25.9 Å². The summed E-state index contributed by atoms with van der Waals surface area (Å²) in [5.41, 5.74) is 1.60. The van der Waals surface area contributed by atoms with Gasteiger partial charge in [0, 0.05) is 37.7 Å². The summed E-state index contributed by atoms with van der Waals surface area (Å²) >= 11 is 0. The molecular weight excluding hydrogens is 434 g/mol. The predicted molar refractivity (Wildman–Crippen MR) is 115 cm³/mol. The highest BCUT2D eigenvalue weighted by Gasteiger charge is 2.23. The van der Waals surface area contributed by atoms with E-state index in [-0.39, 0.29) is 35.8 Å². The number of carbonyl (C=O) groups is 3. The van der Waals surface area contributed by atoms with Gasteiger partial charge in [0.25, 0.3) is 11.8 Å². The number of imidazole rings is 1. The molecule has 0 spiro atoms. The molecule has 3 heterocycles. The second kappa shape index (κ2) is 8.42. The molecule has 0 bridgehead atoms. The summed E-state index contributed by atoms with van der Waals surface area (Å²) in [7, 11) is -3.62. The predicted octanol–water partition coefficient (Wildman–Crippen LogP) is 0.240. The smallest absolute Gasteiger partial charge is 0.272 e. The Kier molecular flexibility index (Phi) is 5.66. The monoisotopic (exact) mass is 455 g/mol. The van der Waals surface area contributed by atoms with Crippen molar-refractivity contribution in [1.29, 1.82) is 0 Å². The largest absolute Gasteiger partial charge is 0.353 e. The molecule has 0 unspecified atom stereocenters. The highest BCUT2D eigenvalue weighted by atomic mass is 32.2. The molecule has 10 nitrogen and oxygen atoms in total. The van der Waals surface area contributed by atoms with Gasteiger partial charge >= 0.3 is 0 Å². The van der Waals surface area contributed by atoms with E-state index in [1.165, 1.54) is 15.5 Å². The number of rotatable bonds is 5. The molecular formula is C21H21N5O5S. The summed E-state index contributed by atoms with van der Waals surface area (Å²) in [4.78, 5) is 42.3. The van der Waals surface area contributed by atoms with Crippen molar-refractivity contribution >= 4 is 33.1 Å². The minimum Gasteiger partial charge on any atom is -0.353 e. The van der Waals surface area contributed by atoms with Gasteiger partial charge in [0.2, 0.25) is 20.9 Å². The number of nitrogens with one attached hydrogen (secondary N) is 2. The van der Waals surface area contributed by atoms with Gasteiger partial charge in [0.1, 0.15) is 0 Å². The van der Waals surface area contributed by atoms with E-state index in [2.05, 4.69) is 15.6 Å². The number of hydrogen-bond acceptors (Lipinski definition) is 6. The highest BCUT2D eigenvalue weighted by Crippen LogP contribution is 2.17. The first-order valence-electron chi connectivity index (χ1n) is 9.84. The average molecular weight is 455 g/mol. The number of amides is 3. The van der Waals surface area contributed by atoms with Crippen molar-refractivity contribution in [1.82, 2.24) is 24.9 Å².